The Balaban J connectivity index is 1.76. The van der Waals surface area contributed by atoms with Crippen LogP contribution in [-0.2, 0) is 11.3 Å². The maximum absolute atomic E-state index is 13.1. The Bertz CT molecular complexity index is 1040. The Morgan fingerprint density at radius 2 is 2.06 bits per heavy atom. The molecule has 0 N–H and O–H groups in total. The van der Waals surface area contributed by atoms with Crippen molar-refractivity contribution in [1.82, 2.24) is 14.8 Å². The molecule has 0 atom stereocenters. The van der Waals surface area contributed by atoms with Gasteiger partial charge in [-0.25, -0.2) is 0 Å². The molecule has 32 heavy (non-hydrogen) atoms. The lowest BCUT2D eigenvalue weighted by molar-refractivity contribution is -0.116. The van der Waals surface area contributed by atoms with Crippen LogP contribution in [0.25, 0.3) is 11.6 Å². The van der Waals surface area contributed by atoms with E-state index in [9.17, 15) is 4.79 Å². The van der Waals surface area contributed by atoms with Crippen LogP contribution in [0.4, 0.5) is 5.69 Å². The van der Waals surface area contributed by atoms with Crippen LogP contribution in [0.5, 0.6) is 5.75 Å². The minimum Gasteiger partial charge on any atom is -0.494 e. The molecule has 2 heterocycles. The van der Waals surface area contributed by atoms with Crippen LogP contribution in [0, 0.1) is 17.2 Å². The van der Waals surface area contributed by atoms with Crippen LogP contribution in [0.15, 0.2) is 52.2 Å². The molecule has 9 heteroatoms. The third kappa shape index (κ3) is 5.92. The van der Waals surface area contributed by atoms with Gasteiger partial charge in [0.15, 0.2) is 16.7 Å². The molecule has 1 amide bonds. The summed E-state index contributed by atoms with van der Waals surface area (Å²) in [5.41, 5.74) is 0.731. The van der Waals surface area contributed by atoms with Gasteiger partial charge in [0.25, 0.3) is 0 Å². The molecule has 0 saturated carbocycles. The molecule has 0 aliphatic rings. The lowest BCUT2D eigenvalue weighted by Crippen LogP contribution is -2.33. The van der Waals surface area contributed by atoms with Crippen molar-refractivity contribution in [3.8, 4) is 23.4 Å². The Hall–Kier alpha value is -3.25. The highest BCUT2D eigenvalue weighted by atomic mass is 32.2. The van der Waals surface area contributed by atoms with Crippen molar-refractivity contribution < 1.29 is 13.9 Å². The zero-order chi connectivity index (χ0) is 22.9. The summed E-state index contributed by atoms with van der Waals surface area (Å²) >= 11 is 1.33. The van der Waals surface area contributed by atoms with Crippen LogP contribution < -0.4 is 9.64 Å². The maximum Gasteiger partial charge on any atom is 0.237 e. The Morgan fingerprint density at radius 3 is 2.69 bits per heavy atom. The summed E-state index contributed by atoms with van der Waals surface area (Å²) in [7, 11) is 0. The third-order valence-electron chi connectivity index (χ3n) is 4.54. The number of nitrogens with zero attached hydrogens (tertiary/aromatic N) is 5. The van der Waals surface area contributed by atoms with Crippen molar-refractivity contribution in [2.24, 2.45) is 5.92 Å². The first kappa shape index (κ1) is 23.4. The Labute approximate surface area is 192 Å². The second-order valence-electron chi connectivity index (χ2n) is 7.46. The van der Waals surface area contributed by atoms with Gasteiger partial charge >= 0.3 is 0 Å². The lowest BCUT2D eigenvalue weighted by Gasteiger charge is -2.22. The van der Waals surface area contributed by atoms with E-state index in [4.69, 9.17) is 14.4 Å². The van der Waals surface area contributed by atoms with Crippen molar-refractivity contribution >= 4 is 23.4 Å². The van der Waals surface area contributed by atoms with Gasteiger partial charge in [-0.2, -0.15) is 5.26 Å². The first-order chi connectivity index (χ1) is 15.5. The molecular weight excluding hydrogens is 426 g/mol. The molecule has 0 bridgehead atoms. The number of carbonyl (C=O) groups is 1. The van der Waals surface area contributed by atoms with Crippen LogP contribution >= 0.6 is 11.8 Å². The molecule has 0 fully saturated rings. The van der Waals surface area contributed by atoms with E-state index in [-0.39, 0.29) is 18.1 Å². The van der Waals surface area contributed by atoms with E-state index in [1.807, 2.05) is 47.9 Å². The lowest BCUT2D eigenvalue weighted by atomic mass is 10.2. The van der Waals surface area contributed by atoms with Crippen LogP contribution in [0.1, 0.15) is 27.2 Å². The SMILES string of the molecule is CCOc1ccc(N(CCC#N)C(=O)CSc2nnc(-c3ccco3)n2CC(C)C)cc1. The van der Waals surface area contributed by atoms with Crippen LogP contribution in [0.2, 0.25) is 0 Å². The van der Waals surface area contributed by atoms with E-state index < -0.39 is 0 Å². The highest BCUT2D eigenvalue weighted by Crippen LogP contribution is 2.27. The van der Waals surface area contributed by atoms with Gasteiger partial charge in [-0.05, 0) is 49.2 Å². The van der Waals surface area contributed by atoms with Gasteiger partial charge in [0.05, 0.1) is 31.1 Å². The minimum atomic E-state index is -0.104. The number of aromatic nitrogens is 3. The fourth-order valence-electron chi connectivity index (χ4n) is 3.17. The van der Waals surface area contributed by atoms with Gasteiger partial charge in [-0.3, -0.25) is 9.36 Å². The number of rotatable bonds is 11. The summed E-state index contributed by atoms with van der Waals surface area (Å²) in [6, 6.07) is 13.1. The predicted octanol–water partition coefficient (Wildman–Crippen LogP) is 4.63. The standard InChI is InChI=1S/C23H27N5O3S/c1-4-30-19-10-8-18(9-11-19)27(13-6-12-24)21(29)16-32-23-26-25-22(20-7-5-14-31-20)28(23)15-17(2)3/h5,7-11,14,17H,4,6,13,15-16H2,1-3H3. The number of hydrogen-bond donors (Lipinski definition) is 0. The number of thioether (sulfide) groups is 1. The molecular formula is C23H27N5O3S. The second kappa shape index (κ2) is 11.4. The summed E-state index contributed by atoms with van der Waals surface area (Å²) in [6.45, 7) is 7.74. The van der Waals surface area contributed by atoms with Gasteiger partial charge in [-0.15, -0.1) is 10.2 Å². The van der Waals surface area contributed by atoms with E-state index in [2.05, 4.69) is 30.1 Å². The van der Waals surface area contributed by atoms with Gasteiger partial charge in [-0.1, -0.05) is 25.6 Å². The van der Waals surface area contributed by atoms with Crippen molar-refractivity contribution in [3.63, 3.8) is 0 Å². The number of benzene rings is 1. The highest BCUT2D eigenvalue weighted by molar-refractivity contribution is 7.99. The smallest absolute Gasteiger partial charge is 0.237 e. The molecule has 1 aromatic carbocycles. The van der Waals surface area contributed by atoms with E-state index in [1.165, 1.54) is 11.8 Å². The molecule has 0 radical (unpaired) electrons. The summed E-state index contributed by atoms with van der Waals surface area (Å²) in [4.78, 5) is 14.7. The minimum absolute atomic E-state index is 0.104. The van der Waals surface area contributed by atoms with Crippen molar-refractivity contribution in [2.45, 2.75) is 38.9 Å². The normalized spacial score (nSPS) is 10.8. The first-order valence-corrected chi connectivity index (χ1v) is 11.5. The molecule has 3 rings (SSSR count). The molecule has 0 aliphatic heterocycles. The first-order valence-electron chi connectivity index (χ1n) is 10.5. The van der Waals surface area contributed by atoms with Gasteiger partial charge in [0.1, 0.15) is 5.75 Å². The van der Waals surface area contributed by atoms with Gasteiger partial charge in [0.2, 0.25) is 5.91 Å². The van der Waals surface area contributed by atoms with Gasteiger partial charge < -0.3 is 14.1 Å². The molecule has 2 aromatic heterocycles. The van der Waals surface area contributed by atoms with E-state index in [0.29, 0.717) is 42.4 Å². The Kier molecular flexibility index (Phi) is 8.34. The quantitative estimate of drug-likeness (QED) is 0.390. The average molecular weight is 454 g/mol. The van der Waals surface area contributed by atoms with Crippen molar-refractivity contribution in [1.29, 1.82) is 5.26 Å². The van der Waals surface area contributed by atoms with Gasteiger partial charge in [0, 0.05) is 18.8 Å². The van der Waals surface area contributed by atoms with E-state index >= 15 is 0 Å². The second-order valence-corrected chi connectivity index (χ2v) is 8.40. The molecule has 0 spiro atoms. The average Bonchev–Trinajstić information content (AvgIpc) is 3.43. The Morgan fingerprint density at radius 1 is 1.28 bits per heavy atom. The molecule has 3 aromatic rings. The summed E-state index contributed by atoms with van der Waals surface area (Å²) in [5.74, 6) is 2.46. The number of hydrogen-bond acceptors (Lipinski definition) is 7. The number of amides is 1. The number of nitriles is 1. The highest BCUT2D eigenvalue weighted by Gasteiger charge is 2.21. The van der Waals surface area contributed by atoms with Crippen LogP contribution in [-0.4, -0.2) is 39.6 Å². The summed E-state index contributed by atoms with van der Waals surface area (Å²) in [6.07, 6.45) is 1.85. The fraction of sp³-hybridized carbons (Fsp3) is 0.391. The number of carbonyl (C=O) groups excluding carboxylic acids is 1. The van der Waals surface area contributed by atoms with E-state index in [0.717, 1.165) is 11.4 Å². The molecule has 0 unspecified atom stereocenters. The zero-order valence-corrected chi connectivity index (χ0v) is 19.3. The van der Waals surface area contributed by atoms with Crippen LogP contribution in [0.3, 0.4) is 0 Å². The largest absolute Gasteiger partial charge is 0.494 e. The predicted molar refractivity (Wildman–Crippen MR) is 123 cm³/mol. The number of ether oxygens (including phenoxy) is 1. The number of furan rings is 1. The molecule has 0 saturated heterocycles. The maximum atomic E-state index is 13.1. The summed E-state index contributed by atoms with van der Waals surface area (Å²) in [5, 5.41) is 18.3. The monoisotopic (exact) mass is 453 g/mol. The molecule has 8 nitrogen and oxygen atoms in total. The molecule has 0 aliphatic carbocycles. The molecule has 168 valence electrons. The topological polar surface area (TPSA) is 97.2 Å². The van der Waals surface area contributed by atoms with E-state index in [1.54, 1.807) is 11.2 Å². The summed E-state index contributed by atoms with van der Waals surface area (Å²) < 4.78 is 13.0. The third-order valence-corrected chi connectivity index (χ3v) is 5.49. The fourth-order valence-corrected chi connectivity index (χ4v) is 3.99. The van der Waals surface area contributed by atoms with Crippen molar-refractivity contribution in [2.75, 3.05) is 23.8 Å². The van der Waals surface area contributed by atoms with Crippen molar-refractivity contribution in [3.05, 3.63) is 42.7 Å². The zero-order valence-electron chi connectivity index (χ0n) is 18.5. The number of anilines is 1.